The first kappa shape index (κ1) is 20.0. The zero-order valence-corrected chi connectivity index (χ0v) is 16.3. The Balaban J connectivity index is 1.52. The summed E-state index contributed by atoms with van der Waals surface area (Å²) in [5.74, 6) is 1.03. The van der Waals surface area contributed by atoms with Crippen LogP contribution in [0.1, 0.15) is 33.3 Å². The monoisotopic (exact) mass is 390 g/mol. The first-order valence-corrected chi connectivity index (χ1v) is 9.18. The normalized spacial score (nSPS) is 10.3. The van der Waals surface area contributed by atoms with Crippen molar-refractivity contribution in [2.45, 2.75) is 13.3 Å². The van der Waals surface area contributed by atoms with Crippen molar-refractivity contribution in [1.29, 1.82) is 0 Å². The molecule has 2 N–H and O–H groups in total. The van der Waals surface area contributed by atoms with E-state index >= 15 is 0 Å². The van der Waals surface area contributed by atoms with Gasteiger partial charge in [-0.05, 0) is 67.4 Å². The molecule has 1 heterocycles. The lowest BCUT2D eigenvalue weighted by molar-refractivity contribution is 0.101. The highest BCUT2D eigenvalue weighted by atomic mass is 16.5. The van der Waals surface area contributed by atoms with Crippen LogP contribution < -0.4 is 15.4 Å². The van der Waals surface area contributed by atoms with Crippen LogP contribution in [0.15, 0.2) is 60.7 Å². The molecule has 7 heteroatoms. The molecule has 0 aliphatic rings. The molecule has 3 aromatic rings. The highest BCUT2D eigenvalue weighted by molar-refractivity contribution is 6.03. The summed E-state index contributed by atoms with van der Waals surface area (Å²) in [7, 11) is 1.64. The van der Waals surface area contributed by atoms with Crippen LogP contribution in [0.5, 0.6) is 5.75 Å². The number of benzene rings is 2. The molecule has 29 heavy (non-hydrogen) atoms. The lowest BCUT2D eigenvalue weighted by atomic mass is 10.1. The first-order chi connectivity index (χ1) is 14.0. The average molecular weight is 390 g/mol. The van der Waals surface area contributed by atoms with Crippen molar-refractivity contribution in [3.63, 3.8) is 0 Å². The van der Waals surface area contributed by atoms with E-state index in [9.17, 15) is 9.59 Å². The van der Waals surface area contributed by atoms with Gasteiger partial charge in [0, 0.05) is 17.8 Å². The van der Waals surface area contributed by atoms with E-state index in [1.165, 1.54) is 6.92 Å². The molecule has 0 radical (unpaired) electrons. The van der Waals surface area contributed by atoms with E-state index in [0.29, 0.717) is 23.6 Å². The van der Waals surface area contributed by atoms with Crippen molar-refractivity contribution >= 4 is 23.2 Å². The molecule has 1 amide bonds. The molecule has 0 spiro atoms. The summed E-state index contributed by atoms with van der Waals surface area (Å²) >= 11 is 0. The second kappa shape index (κ2) is 9.45. The fourth-order valence-electron chi connectivity index (χ4n) is 2.69. The van der Waals surface area contributed by atoms with Crippen molar-refractivity contribution in [1.82, 2.24) is 10.2 Å². The van der Waals surface area contributed by atoms with E-state index in [0.717, 1.165) is 17.7 Å². The first-order valence-electron chi connectivity index (χ1n) is 9.18. The van der Waals surface area contributed by atoms with E-state index in [1.807, 2.05) is 24.3 Å². The molecule has 0 bridgehead atoms. The summed E-state index contributed by atoms with van der Waals surface area (Å²) in [5.41, 5.74) is 2.53. The number of ether oxygens (including phenoxy) is 1. The number of hydrogen-bond donors (Lipinski definition) is 2. The zero-order chi connectivity index (χ0) is 20.6. The number of methoxy groups -OCH3 is 1. The molecule has 0 aliphatic heterocycles. The van der Waals surface area contributed by atoms with Crippen LogP contribution >= 0.6 is 0 Å². The molecule has 2 aromatic carbocycles. The minimum Gasteiger partial charge on any atom is -0.497 e. The number of amides is 1. The molecule has 0 aliphatic carbocycles. The average Bonchev–Trinajstić information content (AvgIpc) is 2.74. The van der Waals surface area contributed by atoms with Crippen LogP contribution in [0.25, 0.3) is 0 Å². The number of hydrogen-bond acceptors (Lipinski definition) is 6. The number of carbonyl (C=O) groups excluding carboxylic acids is 2. The van der Waals surface area contributed by atoms with E-state index in [1.54, 1.807) is 43.5 Å². The maximum Gasteiger partial charge on any atom is 0.276 e. The van der Waals surface area contributed by atoms with Gasteiger partial charge in [-0.25, -0.2) is 0 Å². The number of nitrogens with one attached hydrogen (secondary N) is 2. The Bertz CT molecular complexity index is 986. The van der Waals surface area contributed by atoms with Crippen molar-refractivity contribution in [3.8, 4) is 5.75 Å². The summed E-state index contributed by atoms with van der Waals surface area (Å²) < 4.78 is 5.22. The summed E-state index contributed by atoms with van der Waals surface area (Å²) in [6.45, 7) is 2.17. The van der Waals surface area contributed by atoms with Gasteiger partial charge in [0.15, 0.2) is 11.5 Å². The topological polar surface area (TPSA) is 93.2 Å². The van der Waals surface area contributed by atoms with Crippen LogP contribution in [-0.4, -0.2) is 35.5 Å². The molecule has 1 aromatic heterocycles. The van der Waals surface area contributed by atoms with E-state index < -0.39 is 0 Å². The number of anilines is 2. The zero-order valence-electron chi connectivity index (χ0n) is 16.3. The Kier molecular flexibility index (Phi) is 6.52. The Morgan fingerprint density at radius 2 is 1.79 bits per heavy atom. The van der Waals surface area contributed by atoms with Crippen LogP contribution in [-0.2, 0) is 6.42 Å². The van der Waals surface area contributed by atoms with Gasteiger partial charge in [0.05, 0.1) is 7.11 Å². The number of carbonyl (C=O) groups is 2. The molecule has 3 rings (SSSR count). The number of ketones is 1. The largest absolute Gasteiger partial charge is 0.497 e. The van der Waals surface area contributed by atoms with Crippen molar-refractivity contribution in [2.75, 3.05) is 24.3 Å². The SMILES string of the molecule is COc1cccc(CCNc2ccc(C(=O)Nc3ccc(C(C)=O)cc3)nn2)c1. The van der Waals surface area contributed by atoms with Gasteiger partial charge in [0.2, 0.25) is 0 Å². The molecule has 0 saturated carbocycles. The molecular weight excluding hydrogens is 368 g/mol. The lowest BCUT2D eigenvalue weighted by Gasteiger charge is -2.08. The summed E-state index contributed by atoms with van der Waals surface area (Å²) in [6, 6.07) is 17.9. The maximum atomic E-state index is 12.3. The van der Waals surface area contributed by atoms with E-state index in [4.69, 9.17) is 4.74 Å². The van der Waals surface area contributed by atoms with Crippen molar-refractivity contribution in [3.05, 3.63) is 77.5 Å². The van der Waals surface area contributed by atoms with Crippen LogP contribution in [0.4, 0.5) is 11.5 Å². The molecule has 0 unspecified atom stereocenters. The van der Waals surface area contributed by atoms with Crippen LogP contribution in [0.2, 0.25) is 0 Å². The van der Waals surface area contributed by atoms with Crippen molar-refractivity contribution < 1.29 is 14.3 Å². The van der Waals surface area contributed by atoms with Gasteiger partial charge in [0.1, 0.15) is 11.6 Å². The van der Waals surface area contributed by atoms with E-state index in [-0.39, 0.29) is 17.4 Å². The van der Waals surface area contributed by atoms with Gasteiger partial charge in [0.25, 0.3) is 5.91 Å². The van der Waals surface area contributed by atoms with Gasteiger partial charge < -0.3 is 15.4 Å². The Hall–Kier alpha value is -3.74. The summed E-state index contributed by atoms with van der Waals surface area (Å²) in [4.78, 5) is 23.6. The Labute approximate surface area is 169 Å². The predicted molar refractivity (Wildman–Crippen MR) is 112 cm³/mol. The molecule has 0 saturated heterocycles. The van der Waals surface area contributed by atoms with Crippen LogP contribution in [0, 0.1) is 0 Å². The van der Waals surface area contributed by atoms with Crippen LogP contribution in [0.3, 0.4) is 0 Å². The number of Topliss-reactive ketones (excluding diaryl/α,β-unsaturated/α-hetero) is 1. The fourth-order valence-corrected chi connectivity index (χ4v) is 2.69. The molecular formula is C22H22N4O3. The highest BCUT2D eigenvalue weighted by Crippen LogP contribution is 2.14. The van der Waals surface area contributed by atoms with Gasteiger partial charge in [-0.2, -0.15) is 0 Å². The fraction of sp³-hybridized carbons (Fsp3) is 0.182. The van der Waals surface area contributed by atoms with Gasteiger partial charge >= 0.3 is 0 Å². The predicted octanol–water partition coefficient (Wildman–Crippen LogP) is 3.59. The number of nitrogens with zero attached hydrogens (tertiary/aromatic N) is 2. The quantitative estimate of drug-likeness (QED) is 0.571. The summed E-state index contributed by atoms with van der Waals surface area (Å²) in [6.07, 6.45) is 0.803. The van der Waals surface area contributed by atoms with E-state index in [2.05, 4.69) is 20.8 Å². The lowest BCUT2D eigenvalue weighted by Crippen LogP contribution is -2.15. The second-order valence-electron chi connectivity index (χ2n) is 6.42. The third-order valence-corrected chi connectivity index (χ3v) is 4.30. The van der Waals surface area contributed by atoms with Gasteiger partial charge in [-0.15, -0.1) is 10.2 Å². The standard InChI is InChI=1S/C22H22N4O3/c1-15(27)17-6-8-18(9-7-17)24-22(28)20-10-11-21(26-25-20)23-13-12-16-4-3-5-19(14-16)29-2/h3-11,14H,12-13H2,1-2H3,(H,23,26)(H,24,28). The minimum absolute atomic E-state index is 0.0248. The van der Waals surface area contributed by atoms with Gasteiger partial charge in [-0.1, -0.05) is 12.1 Å². The third kappa shape index (κ3) is 5.62. The minimum atomic E-state index is -0.365. The summed E-state index contributed by atoms with van der Waals surface area (Å²) in [5, 5.41) is 13.9. The molecule has 7 nitrogen and oxygen atoms in total. The Morgan fingerprint density at radius 1 is 1.00 bits per heavy atom. The Morgan fingerprint density at radius 3 is 2.45 bits per heavy atom. The molecule has 148 valence electrons. The molecule has 0 fully saturated rings. The smallest absolute Gasteiger partial charge is 0.276 e. The number of rotatable bonds is 8. The molecule has 0 atom stereocenters. The third-order valence-electron chi connectivity index (χ3n) is 4.30. The maximum absolute atomic E-state index is 12.3. The highest BCUT2D eigenvalue weighted by Gasteiger charge is 2.09. The van der Waals surface area contributed by atoms with Gasteiger partial charge in [-0.3, -0.25) is 9.59 Å². The second-order valence-corrected chi connectivity index (χ2v) is 6.42. The number of aromatic nitrogens is 2. The van der Waals surface area contributed by atoms with Crippen molar-refractivity contribution in [2.24, 2.45) is 0 Å².